The van der Waals surface area contributed by atoms with Gasteiger partial charge in [-0.2, -0.15) is 0 Å². The highest BCUT2D eigenvalue weighted by molar-refractivity contribution is 5.98. The van der Waals surface area contributed by atoms with Gasteiger partial charge in [-0.3, -0.25) is 14.4 Å². The van der Waals surface area contributed by atoms with Crippen molar-refractivity contribution >= 4 is 29.6 Å². The summed E-state index contributed by atoms with van der Waals surface area (Å²) < 4.78 is 12.9. The van der Waals surface area contributed by atoms with E-state index >= 15 is 0 Å². The lowest BCUT2D eigenvalue weighted by Gasteiger charge is -2.29. The number of hydrogen-bond donors (Lipinski definition) is 3. The first-order valence-electron chi connectivity index (χ1n) is 14.9. The molecular weight excluding hydrogens is 552 g/mol. The maximum atomic E-state index is 13.3. The lowest BCUT2D eigenvalue weighted by atomic mass is 10.0. The van der Waals surface area contributed by atoms with Crippen LogP contribution in [0.25, 0.3) is 0 Å². The van der Waals surface area contributed by atoms with Crippen LogP contribution in [0, 0.1) is 0 Å². The van der Waals surface area contributed by atoms with Crippen molar-refractivity contribution in [2.45, 2.75) is 97.1 Å². The van der Waals surface area contributed by atoms with Crippen LogP contribution in [0.4, 0.5) is 10.6 Å². The summed E-state index contributed by atoms with van der Waals surface area (Å²) in [5.74, 6) is -0.568. The number of aromatic nitrogens is 2. The van der Waals surface area contributed by atoms with E-state index < -0.39 is 35.1 Å². The Balaban J connectivity index is 1.56. The van der Waals surface area contributed by atoms with Crippen LogP contribution in [0.5, 0.6) is 0 Å². The Kier molecular flexibility index (Phi) is 12.1. The minimum Gasteiger partial charge on any atom is -0.444 e. The van der Waals surface area contributed by atoms with Gasteiger partial charge in [0, 0.05) is 32.3 Å². The van der Waals surface area contributed by atoms with Gasteiger partial charge >= 0.3 is 6.09 Å². The molecule has 2 aromatic rings. The van der Waals surface area contributed by atoms with Gasteiger partial charge in [0.25, 0.3) is 5.91 Å². The highest BCUT2D eigenvalue weighted by Crippen LogP contribution is 2.13. The molecule has 236 valence electrons. The van der Waals surface area contributed by atoms with Crippen LogP contribution in [0.3, 0.4) is 0 Å². The zero-order chi connectivity index (χ0) is 31.5. The zero-order valence-electron chi connectivity index (χ0n) is 26.0. The molecule has 12 nitrogen and oxygen atoms in total. The van der Waals surface area contributed by atoms with E-state index in [0.717, 1.165) is 44.3 Å². The molecule has 0 radical (unpaired) electrons. The van der Waals surface area contributed by atoms with Crippen molar-refractivity contribution < 1.29 is 28.7 Å². The molecule has 0 saturated carbocycles. The summed E-state index contributed by atoms with van der Waals surface area (Å²) in [7, 11) is 0. The summed E-state index contributed by atoms with van der Waals surface area (Å²) in [6.45, 7) is 10.7. The second-order valence-electron chi connectivity index (χ2n) is 12.3. The third kappa shape index (κ3) is 11.7. The number of ether oxygens (including phenoxy) is 2. The van der Waals surface area contributed by atoms with Crippen LogP contribution in [0.1, 0.15) is 72.3 Å². The van der Waals surface area contributed by atoms with Gasteiger partial charge in [-0.05, 0) is 65.9 Å². The second-order valence-corrected chi connectivity index (χ2v) is 12.3. The third-order valence-corrected chi connectivity index (χ3v) is 6.80. The van der Waals surface area contributed by atoms with E-state index in [1.54, 1.807) is 33.3 Å². The van der Waals surface area contributed by atoms with Crippen LogP contribution in [-0.4, -0.2) is 75.1 Å². The van der Waals surface area contributed by atoms with Crippen molar-refractivity contribution in [2.75, 3.05) is 25.0 Å². The highest BCUT2D eigenvalue weighted by atomic mass is 16.6. The number of benzene rings is 1. The average Bonchev–Trinajstić information content (AvgIpc) is 3.62. The van der Waals surface area contributed by atoms with Crippen LogP contribution >= 0.6 is 0 Å². The number of nitrogens with zero attached hydrogens (tertiary/aromatic N) is 3. The fourth-order valence-corrected chi connectivity index (χ4v) is 4.46. The molecule has 1 aliphatic heterocycles. The number of rotatable bonds is 14. The Labute approximate surface area is 253 Å². The Morgan fingerprint density at radius 3 is 2.37 bits per heavy atom. The molecule has 0 unspecified atom stereocenters. The molecule has 0 aliphatic carbocycles. The van der Waals surface area contributed by atoms with Crippen molar-refractivity contribution in [3.05, 3.63) is 48.4 Å². The Bertz CT molecular complexity index is 1220. The molecule has 43 heavy (non-hydrogen) atoms. The summed E-state index contributed by atoms with van der Waals surface area (Å²) in [6.07, 6.45) is 6.84. The van der Waals surface area contributed by atoms with E-state index in [2.05, 4.69) is 20.9 Å². The number of likely N-dealkylation sites (tertiary alicyclic amines) is 1. The number of carbonyl (C=O) groups is 4. The number of anilines is 1. The van der Waals surface area contributed by atoms with E-state index in [9.17, 15) is 19.2 Å². The van der Waals surface area contributed by atoms with E-state index in [0.29, 0.717) is 18.8 Å². The van der Waals surface area contributed by atoms with Gasteiger partial charge in [0.1, 0.15) is 17.2 Å². The number of nitrogens with one attached hydrogen (secondary N) is 3. The first kappa shape index (κ1) is 33.6. The SMILES string of the molecule is CC(C)(C)OC(=O)NC(C)(C)C(=O)N[C@H](COCc1ccccc1)C(=O)Nc1cn(CCCCC(=O)N2CCCC2)cn1. The zero-order valence-corrected chi connectivity index (χ0v) is 26.0. The number of unbranched alkanes of at least 4 members (excludes halogenated alkanes) is 1. The van der Waals surface area contributed by atoms with Gasteiger partial charge in [0.2, 0.25) is 11.8 Å². The molecule has 1 fully saturated rings. The maximum Gasteiger partial charge on any atom is 0.408 e. The van der Waals surface area contributed by atoms with Crippen molar-refractivity contribution in [1.29, 1.82) is 0 Å². The molecule has 0 bridgehead atoms. The number of carbonyl (C=O) groups excluding carboxylic acids is 4. The van der Waals surface area contributed by atoms with Gasteiger partial charge in [-0.1, -0.05) is 30.3 Å². The van der Waals surface area contributed by atoms with Gasteiger partial charge in [-0.15, -0.1) is 0 Å². The van der Waals surface area contributed by atoms with Crippen molar-refractivity contribution in [3.63, 3.8) is 0 Å². The van der Waals surface area contributed by atoms with Crippen molar-refractivity contribution in [2.24, 2.45) is 0 Å². The van der Waals surface area contributed by atoms with Crippen LogP contribution in [-0.2, 0) is 37.0 Å². The number of amides is 4. The molecule has 1 saturated heterocycles. The van der Waals surface area contributed by atoms with E-state index in [4.69, 9.17) is 9.47 Å². The summed E-state index contributed by atoms with van der Waals surface area (Å²) in [5.41, 5.74) is -1.20. The number of aryl methyl sites for hydroxylation is 1. The number of imidazole rings is 1. The predicted octanol–water partition coefficient (Wildman–Crippen LogP) is 3.62. The summed E-state index contributed by atoms with van der Waals surface area (Å²) in [5, 5.41) is 8.00. The highest BCUT2D eigenvalue weighted by Gasteiger charge is 2.34. The molecule has 1 atom stereocenters. The second kappa shape index (κ2) is 15.5. The van der Waals surface area contributed by atoms with E-state index in [-0.39, 0.29) is 19.1 Å². The molecule has 1 aliphatic rings. The minimum atomic E-state index is -1.38. The predicted molar refractivity (Wildman–Crippen MR) is 162 cm³/mol. The molecule has 1 aromatic heterocycles. The fourth-order valence-electron chi connectivity index (χ4n) is 4.46. The van der Waals surface area contributed by atoms with Gasteiger partial charge in [0.15, 0.2) is 5.82 Å². The molecule has 12 heteroatoms. The summed E-state index contributed by atoms with van der Waals surface area (Å²) in [6, 6.07) is 8.40. The molecule has 3 N–H and O–H groups in total. The Morgan fingerprint density at radius 1 is 1.00 bits per heavy atom. The monoisotopic (exact) mass is 598 g/mol. The molecule has 0 spiro atoms. The largest absolute Gasteiger partial charge is 0.444 e. The molecule has 4 amide bonds. The first-order chi connectivity index (χ1) is 20.3. The van der Waals surface area contributed by atoms with Crippen molar-refractivity contribution in [3.8, 4) is 0 Å². The topological polar surface area (TPSA) is 144 Å². The summed E-state index contributed by atoms with van der Waals surface area (Å²) in [4.78, 5) is 57.2. The molecule has 3 rings (SSSR count). The maximum absolute atomic E-state index is 13.3. The van der Waals surface area contributed by atoms with Crippen LogP contribution < -0.4 is 16.0 Å². The van der Waals surface area contributed by atoms with Crippen LogP contribution in [0.2, 0.25) is 0 Å². The number of hydrogen-bond acceptors (Lipinski definition) is 7. The molecule has 2 heterocycles. The third-order valence-electron chi connectivity index (χ3n) is 6.80. The van der Waals surface area contributed by atoms with E-state index in [1.807, 2.05) is 39.8 Å². The average molecular weight is 599 g/mol. The minimum absolute atomic E-state index is 0.110. The Hall–Kier alpha value is -3.93. The van der Waals surface area contributed by atoms with Gasteiger partial charge in [0.05, 0.1) is 19.5 Å². The fraction of sp³-hybridized carbons (Fsp3) is 0.581. The molecule has 1 aromatic carbocycles. The standard InChI is InChI=1S/C31H46N6O6/c1-30(2,3)43-29(41)35-31(4,5)28(40)33-24(21-42-20-23-13-7-6-8-14-23)27(39)34-25-19-36(22-32-25)16-10-9-15-26(38)37-17-11-12-18-37/h6-8,13-14,19,22,24H,9-12,15-18,20-21H2,1-5H3,(H,33,40)(H,34,39)(H,35,41)/t24-/m1/s1. The van der Waals surface area contributed by atoms with E-state index in [1.165, 1.54) is 13.8 Å². The Morgan fingerprint density at radius 2 is 1.70 bits per heavy atom. The van der Waals surface area contributed by atoms with Crippen LogP contribution in [0.15, 0.2) is 42.9 Å². The quantitative estimate of drug-likeness (QED) is 0.282. The smallest absolute Gasteiger partial charge is 0.408 e. The van der Waals surface area contributed by atoms with Gasteiger partial charge in [-0.25, -0.2) is 9.78 Å². The lowest BCUT2D eigenvalue weighted by Crippen LogP contribution is -2.59. The van der Waals surface area contributed by atoms with Crippen molar-refractivity contribution in [1.82, 2.24) is 25.1 Å². The summed E-state index contributed by atoms with van der Waals surface area (Å²) >= 11 is 0. The number of alkyl carbamates (subject to hydrolysis) is 1. The van der Waals surface area contributed by atoms with Gasteiger partial charge < -0.3 is 34.9 Å². The molecular formula is C31H46N6O6. The first-order valence-corrected chi connectivity index (χ1v) is 14.9. The lowest BCUT2D eigenvalue weighted by molar-refractivity contribution is -0.131. The normalized spacial score (nSPS) is 14.2.